The van der Waals surface area contributed by atoms with E-state index in [0.717, 1.165) is 11.3 Å². The number of anilines is 1. The summed E-state index contributed by atoms with van der Waals surface area (Å²) in [6.45, 7) is 0.754. The molecular weight excluding hydrogens is 260 g/mol. The molecule has 0 fully saturated rings. The van der Waals surface area contributed by atoms with Gasteiger partial charge in [-0.15, -0.1) is 0 Å². The van der Waals surface area contributed by atoms with Crippen molar-refractivity contribution in [2.75, 3.05) is 30.5 Å². The van der Waals surface area contributed by atoms with Gasteiger partial charge in [-0.2, -0.15) is 0 Å². The quantitative estimate of drug-likeness (QED) is 0.880. The van der Waals surface area contributed by atoms with Gasteiger partial charge in [0, 0.05) is 42.7 Å². The van der Waals surface area contributed by atoms with Crippen LogP contribution in [0, 0.1) is 0 Å². The largest absolute Gasteiger partial charge is 0.373 e. The molecule has 0 amide bonds. The third kappa shape index (κ3) is 4.18. The molecule has 0 bridgehead atoms. The van der Waals surface area contributed by atoms with E-state index in [9.17, 15) is 8.42 Å². The molecule has 0 atom stereocenters. The summed E-state index contributed by atoms with van der Waals surface area (Å²) in [6, 6.07) is 5.49. The molecule has 1 aromatic rings. The van der Waals surface area contributed by atoms with Crippen LogP contribution in [0.2, 0.25) is 5.02 Å². The van der Waals surface area contributed by atoms with Crippen molar-refractivity contribution in [1.82, 2.24) is 0 Å². The summed E-state index contributed by atoms with van der Waals surface area (Å²) >= 11 is 6.04. The van der Waals surface area contributed by atoms with Crippen molar-refractivity contribution in [3.63, 3.8) is 0 Å². The van der Waals surface area contributed by atoms with Gasteiger partial charge in [0.2, 0.25) is 0 Å². The first-order valence-electron chi connectivity index (χ1n) is 5.21. The highest BCUT2D eigenvalue weighted by Crippen LogP contribution is 2.26. The Labute approximate surface area is 107 Å². The number of hydrogen-bond acceptors (Lipinski definition) is 4. The predicted octanol–water partition coefficient (Wildman–Crippen LogP) is 1.28. The Morgan fingerprint density at radius 1 is 1.41 bits per heavy atom. The van der Waals surface area contributed by atoms with E-state index in [1.807, 2.05) is 24.1 Å². The van der Waals surface area contributed by atoms with Gasteiger partial charge >= 0.3 is 0 Å². The molecule has 0 saturated heterocycles. The molecule has 0 aliphatic heterocycles. The Kier molecular flexibility index (Phi) is 4.80. The van der Waals surface area contributed by atoms with Crippen molar-refractivity contribution in [2.24, 2.45) is 5.73 Å². The molecule has 17 heavy (non-hydrogen) atoms. The molecule has 0 heterocycles. The van der Waals surface area contributed by atoms with Crippen LogP contribution in [0.5, 0.6) is 0 Å². The lowest BCUT2D eigenvalue weighted by Gasteiger charge is -2.22. The van der Waals surface area contributed by atoms with E-state index in [1.54, 1.807) is 6.07 Å². The Bertz CT molecular complexity index is 488. The summed E-state index contributed by atoms with van der Waals surface area (Å²) < 4.78 is 22.2. The number of nitrogens with zero attached hydrogens (tertiary/aromatic N) is 1. The van der Waals surface area contributed by atoms with Gasteiger partial charge in [-0.3, -0.25) is 0 Å². The molecule has 0 unspecified atom stereocenters. The zero-order valence-corrected chi connectivity index (χ0v) is 11.6. The zero-order valence-electron chi connectivity index (χ0n) is 9.98. The Hall–Kier alpha value is -0.780. The number of halogens is 1. The normalized spacial score (nSPS) is 11.5. The molecule has 6 heteroatoms. The van der Waals surface area contributed by atoms with Crippen molar-refractivity contribution < 1.29 is 8.42 Å². The van der Waals surface area contributed by atoms with Gasteiger partial charge in [0.15, 0.2) is 0 Å². The van der Waals surface area contributed by atoms with Crippen LogP contribution in [-0.4, -0.2) is 34.0 Å². The van der Waals surface area contributed by atoms with Crippen LogP contribution in [0.1, 0.15) is 5.56 Å². The lowest BCUT2D eigenvalue weighted by molar-refractivity contribution is 0.601. The average Bonchev–Trinajstić information content (AvgIpc) is 2.24. The van der Waals surface area contributed by atoms with Crippen LogP contribution >= 0.6 is 11.6 Å². The zero-order chi connectivity index (χ0) is 13.1. The molecule has 0 radical (unpaired) electrons. The van der Waals surface area contributed by atoms with Gasteiger partial charge in [-0.25, -0.2) is 8.42 Å². The lowest BCUT2D eigenvalue weighted by atomic mass is 10.1. The van der Waals surface area contributed by atoms with E-state index in [-0.39, 0.29) is 5.75 Å². The molecule has 0 saturated carbocycles. The third-order valence-corrected chi connectivity index (χ3v) is 3.79. The first-order valence-corrected chi connectivity index (χ1v) is 7.65. The van der Waals surface area contributed by atoms with Gasteiger partial charge in [-0.05, 0) is 12.1 Å². The summed E-state index contributed by atoms with van der Waals surface area (Å²) in [7, 11) is -1.13. The van der Waals surface area contributed by atoms with Crippen molar-refractivity contribution in [1.29, 1.82) is 0 Å². The SMILES string of the molecule is CN(CCS(C)(=O)=O)c1cccc(Cl)c1CN. The second-order valence-electron chi connectivity index (χ2n) is 3.99. The topological polar surface area (TPSA) is 63.4 Å². The molecule has 4 nitrogen and oxygen atoms in total. The molecule has 1 aromatic carbocycles. The predicted molar refractivity (Wildman–Crippen MR) is 72.3 cm³/mol. The minimum Gasteiger partial charge on any atom is -0.373 e. The maximum absolute atomic E-state index is 11.1. The maximum Gasteiger partial charge on any atom is 0.149 e. The fourth-order valence-corrected chi connectivity index (χ4v) is 2.38. The number of sulfone groups is 1. The van der Waals surface area contributed by atoms with Crippen LogP contribution in [0.3, 0.4) is 0 Å². The lowest BCUT2D eigenvalue weighted by Crippen LogP contribution is -2.26. The summed E-state index contributed by atoms with van der Waals surface area (Å²) in [5.41, 5.74) is 7.36. The van der Waals surface area contributed by atoms with Gasteiger partial charge in [0.1, 0.15) is 9.84 Å². The van der Waals surface area contributed by atoms with E-state index in [2.05, 4.69) is 0 Å². The van der Waals surface area contributed by atoms with Crippen LogP contribution in [0.4, 0.5) is 5.69 Å². The van der Waals surface area contributed by atoms with Crippen LogP contribution in [-0.2, 0) is 16.4 Å². The molecule has 1 rings (SSSR count). The molecular formula is C11H17ClN2O2S. The van der Waals surface area contributed by atoms with Crippen molar-refractivity contribution in [3.05, 3.63) is 28.8 Å². The van der Waals surface area contributed by atoms with Crippen LogP contribution in [0.25, 0.3) is 0 Å². The highest BCUT2D eigenvalue weighted by molar-refractivity contribution is 7.90. The van der Waals surface area contributed by atoms with Gasteiger partial charge in [-0.1, -0.05) is 17.7 Å². The highest BCUT2D eigenvalue weighted by atomic mass is 35.5. The minimum atomic E-state index is -2.96. The van der Waals surface area contributed by atoms with Crippen LogP contribution < -0.4 is 10.6 Å². The second-order valence-corrected chi connectivity index (χ2v) is 6.66. The van der Waals surface area contributed by atoms with E-state index in [1.165, 1.54) is 6.26 Å². The Morgan fingerprint density at radius 2 is 2.06 bits per heavy atom. The molecule has 2 N–H and O–H groups in total. The summed E-state index contributed by atoms with van der Waals surface area (Å²) in [6.07, 6.45) is 1.22. The summed E-state index contributed by atoms with van der Waals surface area (Å²) in [5.74, 6) is 0.111. The van der Waals surface area contributed by atoms with Gasteiger partial charge < -0.3 is 10.6 Å². The van der Waals surface area contributed by atoms with E-state index in [0.29, 0.717) is 18.1 Å². The number of hydrogen-bond donors (Lipinski definition) is 1. The average molecular weight is 277 g/mol. The second kappa shape index (κ2) is 5.71. The fourth-order valence-electron chi connectivity index (χ4n) is 1.53. The fraction of sp³-hybridized carbons (Fsp3) is 0.455. The third-order valence-electron chi connectivity index (χ3n) is 2.51. The van der Waals surface area contributed by atoms with E-state index in [4.69, 9.17) is 17.3 Å². The molecule has 96 valence electrons. The van der Waals surface area contributed by atoms with Gasteiger partial charge in [0.25, 0.3) is 0 Å². The van der Waals surface area contributed by atoms with Gasteiger partial charge in [0.05, 0.1) is 5.75 Å². The van der Waals surface area contributed by atoms with Crippen LogP contribution in [0.15, 0.2) is 18.2 Å². The number of benzene rings is 1. The minimum absolute atomic E-state index is 0.111. The Balaban J connectivity index is 2.89. The highest BCUT2D eigenvalue weighted by Gasteiger charge is 2.11. The first kappa shape index (κ1) is 14.3. The van der Waals surface area contributed by atoms with E-state index >= 15 is 0 Å². The molecule has 0 aliphatic carbocycles. The molecule has 0 spiro atoms. The van der Waals surface area contributed by atoms with Crippen molar-refractivity contribution in [2.45, 2.75) is 6.54 Å². The molecule has 0 aliphatic rings. The monoisotopic (exact) mass is 276 g/mol. The standard InChI is InChI=1S/C11H17ClN2O2S/c1-14(6-7-17(2,15)16)11-5-3-4-10(12)9(11)8-13/h3-5H,6-8,13H2,1-2H3. The summed E-state index contributed by atoms with van der Waals surface area (Å²) in [5, 5.41) is 0.608. The smallest absolute Gasteiger partial charge is 0.149 e. The maximum atomic E-state index is 11.1. The van der Waals surface area contributed by atoms with Crippen molar-refractivity contribution in [3.8, 4) is 0 Å². The number of rotatable bonds is 5. The van der Waals surface area contributed by atoms with E-state index < -0.39 is 9.84 Å². The molecule has 0 aromatic heterocycles. The first-order chi connectivity index (χ1) is 7.85. The Morgan fingerprint density at radius 3 is 2.59 bits per heavy atom. The summed E-state index contributed by atoms with van der Waals surface area (Å²) in [4.78, 5) is 1.86. The number of nitrogens with two attached hydrogens (primary N) is 1. The van der Waals surface area contributed by atoms with Crippen molar-refractivity contribution >= 4 is 27.1 Å².